The average molecular weight is 254 g/mol. The third-order valence-electron chi connectivity index (χ3n) is 2.09. The molecule has 0 amide bonds. The number of halogens is 1. The SMILES string of the molecule is CC(=O)c1[nH]c2cc(Br)ccc2c1O. The number of carbonyl (C=O) groups excluding carboxylic acids is 1. The number of Topliss-reactive ketones (excluding diaryl/α,β-unsaturated/α-hetero) is 1. The number of aromatic amines is 1. The number of carbonyl (C=O) groups is 1. The number of hydrogen-bond acceptors (Lipinski definition) is 2. The van der Waals surface area contributed by atoms with Crippen LogP contribution in [-0.4, -0.2) is 15.9 Å². The summed E-state index contributed by atoms with van der Waals surface area (Å²) in [6.45, 7) is 1.42. The molecule has 0 aliphatic rings. The third kappa shape index (κ3) is 1.32. The molecule has 4 heteroatoms. The van der Waals surface area contributed by atoms with E-state index in [0.29, 0.717) is 5.39 Å². The summed E-state index contributed by atoms with van der Waals surface area (Å²) in [6.07, 6.45) is 0. The van der Waals surface area contributed by atoms with Crippen LogP contribution in [0.2, 0.25) is 0 Å². The van der Waals surface area contributed by atoms with Gasteiger partial charge in [0.1, 0.15) is 5.69 Å². The minimum absolute atomic E-state index is 0.0278. The molecule has 0 aliphatic heterocycles. The second kappa shape index (κ2) is 3.13. The van der Waals surface area contributed by atoms with Gasteiger partial charge in [-0.05, 0) is 18.2 Å². The van der Waals surface area contributed by atoms with Gasteiger partial charge in [0, 0.05) is 16.8 Å². The van der Waals surface area contributed by atoms with Crippen LogP contribution in [0.5, 0.6) is 5.75 Å². The first-order valence-corrected chi connectivity index (χ1v) is 4.90. The van der Waals surface area contributed by atoms with Gasteiger partial charge in [0.25, 0.3) is 0 Å². The molecule has 1 heterocycles. The zero-order valence-corrected chi connectivity index (χ0v) is 9.05. The van der Waals surface area contributed by atoms with E-state index in [0.717, 1.165) is 9.99 Å². The number of benzene rings is 1. The average Bonchev–Trinajstić information content (AvgIpc) is 2.43. The highest BCUT2D eigenvalue weighted by Crippen LogP contribution is 2.30. The van der Waals surface area contributed by atoms with Crippen molar-refractivity contribution < 1.29 is 9.90 Å². The molecule has 0 saturated heterocycles. The Labute approximate surface area is 88.9 Å². The Hall–Kier alpha value is -1.29. The molecular formula is C10H8BrNO2. The van der Waals surface area contributed by atoms with Crippen molar-refractivity contribution in [3.63, 3.8) is 0 Å². The van der Waals surface area contributed by atoms with Crippen molar-refractivity contribution in [3.8, 4) is 5.75 Å². The Morgan fingerprint density at radius 1 is 1.50 bits per heavy atom. The highest BCUT2D eigenvalue weighted by atomic mass is 79.9. The Morgan fingerprint density at radius 2 is 2.21 bits per heavy atom. The molecule has 1 aromatic carbocycles. The van der Waals surface area contributed by atoms with Crippen LogP contribution in [0.15, 0.2) is 22.7 Å². The minimum atomic E-state index is -0.171. The van der Waals surface area contributed by atoms with Gasteiger partial charge in [0.05, 0.1) is 5.52 Å². The van der Waals surface area contributed by atoms with Crippen LogP contribution in [0.4, 0.5) is 0 Å². The van der Waals surface area contributed by atoms with E-state index in [1.807, 2.05) is 12.1 Å². The maximum Gasteiger partial charge on any atom is 0.179 e. The van der Waals surface area contributed by atoms with Crippen LogP contribution < -0.4 is 0 Å². The fourth-order valence-corrected chi connectivity index (χ4v) is 1.77. The van der Waals surface area contributed by atoms with Crippen LogP contribution in [0, 0.1) is 0 Å². The fraction of sp³-hybridized carbons (Fsp3) is 0.100. The van der Waals surface area contributed by atoms with Crippen LogP contribution in [0.1, 0.15) is 17.4 Å². The van der Waals surface area contributed by atoms with E-state index in [2.05, 4.69) is 20.9 Å². The molecule has 0 atom stereocenters. The monoisotopic (exact) mass is 253 g/mol. The molecule has 2 aromatic rings. The van der Waals surface area contributed by atoms with Crippen LogP contribution in [0.25, 0.3) is 10.9 Å². The molecule has 3 nitrogen and oxygen atoms in total. The number of fused-ring (bicyclic) bond motifs is 1. The number of nitrogens with one attached hydrogen (secondary N) is 1. The van der Waals surface area contributed by atoms with E-state index in [4.69, 9.17) is 0 Å². The quantitative estimate of drug-likeness (QED) is 0.769. The van der Waals surface area contributed by atoms with Crippen molar-refractivity contribution in [2.45, 2.75) is 6.92 Å². The first-order chi connectivity index (χ1) is 6.59. The Bertz CT molecular complexity index is 516. The lowest BCUT2D eigenvalue weighted by Crippen LogP contribution is -1.91. The van der Waals surface area contributed by atoms with Crippen LogP contribution >= 0.6 is 15.9 Å². The number of rotatable bonds is 1. The molecule has 2 N–H and O–H groups in total. The number of hydrogen-bond donors (Lipinski definition) is 2. The molecule has 72 valence electrons. The molecule has 0 bridgehead atoms. The van der Waals surface area contributed by atoms with Crippen molar-refractivity contribution in [2.75, 3.05) is 0 Å². The van der Waals surface area contributed by atoms with Gasteiger partial charge in [-0.1, -0.05) is 15.9 Å². The van der Waals surface area contributed by atoms with Crippen LogP contribution in [0.3, 0.4) is 0 Å². The van der Waals surface area contributed by atoms with Crippen LogP contribution in [-0.2, 0) is 0 Å². The third-order valence-corrected chi connectivity index (χ3v) is 2.58. The second-order valence-corrected chi connectivity index (χ2v) is 4.01. The summed E-state index contributed by atoms with van der Waals surface area (Å²) in [5.74, 6) is -0.144. The van der Waals surface area contributed by atoms with Gasteiger partial charge < -0.3 is 10.1 Å². The molecule has 14 heavy (non-hydrogen) atoms. The van der Waals surface area contributed by atoms with Gasteiger partial charge in [-0.15, -0.1) is 0 Å². The zero-order valence-electron chi connectivity index (χ0n) is 7.47. The minimum Gasteiger partial charge on any atom is -0.505 e. The topological polar surface area (TPSA) is 53.1 Å². The van der Waals surface area contributed by atoms with Gasteiger partial charge in [-0.2, -0.15) is 0 Å². The fourth-order valence-electron chi connectivity index (χ4n) is 1.41. The summed E-state index contributed by atoms with van der Waals surface area (Å²) in [4.78, 5) is 14.0. The van der Waals surface area contributed by atoms with Crippen molar-refractivity contribution in [1.82, 2.24) is 4.98 Å². The molecule has 1 aromatic heterocycles. The van der Waals surface area contributed by atoms with Gasteiger partial charge in [0.15, 0.2) is 11.5 Å². The highest BCUT2D eigenvalue weighted by Gasteiger charge is 2.13. The molecule has 2 rings (SSSR count). The predicted octanol–water partition coefficient (Wildman–Crippen LogP) is 2.84. The Kier molecular flexibility index (Phi) is 2.07. The maximum absolute atomic E-state index is 11.1. The summed E-state index contributed by atoms with van der Waals surface area (Å²) in [7, 11) is 0. The van der Waals surface area contributed by atoms with E-state index >= 15 is 0 Å². The molecule has 0 fully saturated rings. The standard InChI is InChI=1S/C10H8BrNO2/c1-5(13)9-10(14)7-3-2-6(11)4-8(7)12-9/h2-4,12,14H,1H3. The normalized spacial score (nSPS) is 10.7. The molecular weight excluding hydrogens is 246 g/mol. The first kappa shape index (κ1) is 9.27. The summed E-state index contributed by atoms with van der Waals surface area (Å²) in [5, 5.41) is 10.3. The number of aromatic hydroxyl groups is 1. The smallest absolute Gasteiger partial charge is 0.179 e. The summed E-state index contributed by atoms with van der Waals surface area (Å²) in [5.41, 5.74) is 1.01. The summed E-state index contributed by atoms with van der Waals surface area (Å²) < 4.78 is 0.904. The van der Waals surface area contributed by atoms with E-state index in [1.165, 1.54) is 6.92 Å². The van der Waals surface area contributed by atoms with Gasteiger partial charge in [-0.3, -0.25) is 4.79 Å². The largest absolute Gasteiger partial charge is 0.505 e. The highest BCUT2D eigenvalue weighted by molar-refractivity contribution is 9.10. The van der Waals surface area contributed by atoms with Crippen molar-refractivity contribution >= 4 is 32.6 Å². The lowest BCUT2D eigenvalue weighted by molar-refractivity contribution is 0.101. The Balaban J connectivity index is 2.79. The van der Waals surface area contributed by atoms with E-state index in [-0.39, 0.29) is 17.2 Å². The number of H-pyrrole nitrogens is 1. The van der Waals surface area contributed by atoms with Crippen molar-refractivity contribution in [1.29, 1.82) is 0 Å². The predicted molar refractivity (Wildman–Crippen MR) is 57.7 cm³/mol. The number of ketones is 1. The van der Waals surface area contributed by atoms with Gasteiger partial charge >= 0.3 is 0 Å². The van der Waals surface area contributed by atoms with E-state index in [9.17, 15) is 9.90 Å². The summed E-state index contributed by atoms with van der Waals surface area (Å²) >= 11 is 3.32. The second-order valence-electron chi connectivity index (χ2n) is 3.09. The number of aromatic nitrogens is 1. The van der Waals surface area contributed by atoms with E-state index in [1.54, 1.807) is 6.07 Å². The van der Waals surface area contributed by atoms with Gasteiger partial charge in [0.2, 0.25) is 0 Å². The zero-order chi connectivity index (χ0) is 10.3. The molecule has 0 unspecified atom stereocenters. The van der Waals surface area contributed by atoms with E-state index < -0.39 is 0 Å². The summed E-state index contributed by atoms with van der Waals surface area (Å²) in [6, 6.07) is 5.40. The first-order valence-electron chi connectivity index (χ1n) is 4.10. The lowest BCUT2D eigenvalue weighted by atomic mass is 10.2. The molecule has 0 radical (unpaired) electrons. The van der Waals surface area contributed by atoms with Crippen molar-refractivity contribution in [2.24, 2.45) is 0 Å². The lowest BCUT2D eigenvalue weighted by Gasteiger charge is -1.91. The molecule has 0 saturated carbocycles. The molecule has 0 aliphatic carbocycles. The molecule has 0 spiro atoms. The maximum atomic E-state index is 11.1. The van der Waals surface area contributed by atoms with Crippen molar-refractivity contribution in [3.05, 3.63) is 28.4 Å². The van der Waals surface area contributed by atoms with Gasteiger partial charge in [-0.25, -0.2) is 0 Å². The Morgan fingerprint density at radius 3 is 2.86 bits per heavy atom.